The van der Waals surface area contributed by atoms with E-state index in [2.05, 4.69) is 29.0 Å². The number of hydrogen-bond acceptors (Lipinski definition) is 5. The summed E-state index contributed by atoms with van der Waals surface area (Å²) in [5.41, 5.74) is 2.25. The van der Waals surface area contributed by atoms with Gasteiger partial charge in [-0.2, -0.15) is 0 Å². The second kappa shape index (κ2) is 7.68. The number of likely N-dealkylation sites (N-methyl/N-ethyl adjacent to an activating group) is 1. The molecule has 1 fully saturated rings. The van der Waals surface area contributed by atoms with Crippen molar-refractivity contribution in [1.29, 1.82) is 0 Å². The lowest BCUT2D eigenvalue weighted by molar-refractivity contribution is -0.126. The number of aryl methyl sites for hydroxylation is 1. The minimum atomic E-state index is 0.0215. The lowest BCUT2D eigenvalue weighted by Gasteiger charge is -2.28. The fraction of sp³-hybridized carbons (Fsp3) is 0.571. The monoisotopic (exact) mass is 384 g/mol. The van der Waals surface area contributed by atoms with Crippen LogP contribution in [-0.2, 0) is 17.6 Å². The molecule has 2 aliphatic carbocycles. The Labute approximate surface area is 165 Å². The summed E-state index contributed by atoms with van der Waals surface area (Å²) in [4.78, 5) is 25.6. The van der Waals surface area contributed by atoms with E-state index in [1.54, 1.807) is 23.7 Å². The van der Waals surface area contributed by atoms with E-state index in [9.17, 15) is 4.79 Å². The van der Waals surface area contributed by atoms with E-state index in [4.69, 9.17) is 4.98 Å². The zero-order valence-electron chi connectivity index (χ0n) is 16.2. The third-order valence-electron chi connectivity index (χ3n) is 5.90. The van der Waals surface area contributed by atoms with Crippen molar-refractivity contribution in [2.75, 3.05) is 19.6 Å². The molecule has 144 valence electrons. The van der Waals surface area contributed by atoms with Crippen LogP contribution in [0, 0.1) is 5.92 Å². The predicted molar refractivity (Wildman–Crippen MR) is 109 cm³/mol. The van der Waals surface area contributed by atoms with Crippen molar-refractivity contribution in [3.05, 3.63) is 35.1 Å². The van der Waals surface area contributed by atoms with Crippen molar-refractivity contribution in [2.45, 2.75) is 51.5 Å². The Bertz CT molecular complexity index is 796. The molecule has 0 aromatic carbocycles. The first-order valence-corrected chi connectivity index (χ1v) is 10.9. The fourth-order valence-corrected chi connectivity index (χ4v) is 5.04. The molecule has 1 atom stereocenters. The van der Waals surface area contributed by atoms with Crippen LogP contribution in [0.15, 0.2) is 24.5 Å². The number of fused-ring (bicyclic) bond motifs is 1. The van der Waals surface area contributed by atoms with Crippen LogP contribution in [0.25, 0.3) is 10.6 Å². The topological polar surface area (TPSA) is 58.1 Å². The molecule has 0 radical (unpaired) electrons. The number of aromatic nitrogens is 2. The van der Waals surface area contributed by atoms with Gasteiger partial charge in [-0.05, 0) is 50.9 Å². The van der Waals surface area contributed by atoms with Crippen LogP contribution in [0.3, 0.4) is 0 Å². The highest BCUT2D eigenvalue weighted by Crippen LogP contribution is 2.38. The molecule has 2 aliphatic rings. The molecular weight excluding hydrogens is 356 g/mol. The second-order valence-electron chi connectivity index (χ2n) is 7.80. The molecule has 27 heavy (non-hydrogen) atoms. The van der Waals surface area contributed by atoms with E-state index < -0.39 is 0 Å². The first-order chi connectivity index (χ1) is 13.1. The zero-order valence-corrected chi connectivity index (χ0v) is 17.0. The van der Waals surface area contributed by atoms with Gasteiger partial charge in [0, 0.05) is 41.7 Å². The van der Waals surface area contributed by atoms with Crippen molar-refractivity contribution >= 4 is 17.2 Å². The number of carbonyl (C=O) groups is 1. The molecule has 1 unspecified atom stereocenters. The van der Waals surface area contributed by atoms with Gasteiger partial charge in [-0.1, -0.05) is 13.8 Å². The van der Waals surface area contributed by atoms with E-state index in [1.807, 2.05) is 12.1 Å². The molecule has 0 spiro atoms. The largest absolute Gasteiger partial charge is 0.349 e. The van der Waals surface area contributed by atoms with E-state index in [0.29, 0.717) is 0 Å². The van der Waals surface area contributed by atoms with Crippen molar-refractivity contribution < 1.29 is 4.79 Å². The van der Waals surface area contributed by atoms with Gasteiger partial charge in [-0.3, -0.25) is 9.78 Å². The Morgan fingerprint density at radius 1 is 1.30 bits per heavy atom. The number of amides is 1. The lowest BCUT2D eigenvalue weighted by atomic mass is 9.90. The molecule has 1 saturated carbocycles. The summed E-state index contributed by atoms with van der Waals surface area (Å²) in [6.45, 7) is 7.43. The molecule has 1 amide bonds. The van der Waals surface area contributed by atoms with Crippen LogP contribution in [0.1, 0.15) is 43.7 Å². The van der Waals surface area contributed by atoms with Gasteiger partial charge in [-0.15, -0.1) is 11.3 Å². The average molecular weight is 385 g/mol. The van der Waals surface area contributed by atoms with Gasteiger partial charge >= 0.3 is 0 Å². The predicted octanol–water partition coefficient (Wildman–Crippen LogP) is 3.30. The van der Waals surface area contributed by atoms with Gasteiger partial charge in [0.15, 0.2) is 0 Å². The fourth-order valence-electron chi connectivity index (χ4n) is 3.93. The number of rotatable bonds is 7. The average Bonchev–Trinajstić information content (AvgIpc) is 3.31. The second-order valence-corrected chi connectivity index (χ2v) is 8.88. The van der Waals surface area contributed by atoms with Gasteiger partial charge in [0.25, 0.3) is 0 Å². The summed E-state index contributed by atoms with van der Waals surface area (Å²) in [6, 6.07) is 4.00. The van der Waals surface area contributed by atoms with Crippen LogP contribution in [0.4, 0.5) is 0 Å². The molecule has 2 heterocycles. The Morgan fingerprint density at radius 2 is 2.04 bits per heavy atom. The summed E-state index contributed by atoms with van der Waals surface area (Å²) >= 11 is 1.76. The van der Waals surface area contributed by atoms with Crippen LogP contribution < -0.4 is 5.32 Å². The molecular formula is C21H28N4OS. The molecule has 4 rings (SSSR count). The normalized spacial score (nSPS) is 20.3. The highest BCUT2D eigenvalue weighted by molar-refractivity contribution is 7.15. The maximum absolute atomic E-state index is 12.9. The lowest BCUT2D eigenvalue weighted by Crippen LogP contribution is -2.48. The standard InChI is InChI=1S/C21H28N4OS/c1-3-25(4-2)14-21(9-10-21)24-19(26)16-5-6-18-17(13-16)23-20(27-18)15-7-11-22-12-8-15/h7-8,11-12,16H,3-6,9-10,13-14H2,1-2H3,(H,24,26). The number of nitrogens with zero attached hydrogens (tertiary/aromatic N) is 3. The van der Waals surface area contributed by atoms with Gasteiger partial charge in [-0.25, -0.2) is 4.98 Å². The first-order valence-electron chi connectivity index (χ1n) is 10.1. The summed E-state index contributed by atoms with van der Waals surface area (Å²) < 4.78 is 0. The summed E-state index contributed by atoms with van der Waals surface area (Å²) in [7, 11) is 0. The molecule has 1 N–H and O–H groups in total. The molecule has 2 aromatic heterocycles. The number of nitrogens with one attached hydrogen (secondary N) is 1. The molecule has 0 saturated heterocycles. The third-order valence-corrected chi connectivity index (χ3v) is 7.11. The maximum Gasteiger partial charge on any atom is 0.223 e. The molecule has 2 aromatic rings. The SMILES string of the molecule is CCN(CC)CC1(NC(=O)C2CCc3sc(-c4ccncc4)nc3C2)CC1. The van der Waals surface area contributed by atoms with Gasteiger partial charge < -0.3 is 10.2 Å². The van der Waals surface area contributed by atoms with E-state index >= 15 is 0 Å². The number of pyridine rings is 1. The Balaban J connectivity index is 1.41. The molecule has 5 nitrogen and oxygen atoms in total. The van der Waals surface area contributed by atoms with E-state index in [0.717, 1.165) is 68.0 Å². The van der Waals surface area contributed by atoms with Gasteiger partial charge in [0.1, 0.15) is 5.01 Å². The van der Waals surface area contributed by atoms with Crippen molar-refractivity contribution in [3.63, 3.8) is 0 Å². The quantitative estimate of drug-likeness (QED) is 0.796. The number of thiazole rings is 1. The van der Waals surface area contributed by atoms with Crippen molar-refractivity contribution in [1.82, 2.24) is 20.2 Å². The molecule has 0 bridgehead atoms. The van der Waals surface area contributed by atoms with Crippen molar-refractivity contribution in [3.8, 4) is 10.6 Å². The number of hydrogen-bond donors (Lipinski definition) is 1. The third kappa shape index (κ3) is 4.06. The summed E-state index contributed by atoms with van der Waals surface area (Å²) in [5, 5.41) is 4.44. The van der Waals surface area contributed by atoms with Crippen LogP contribution in [0.2, 0.25) is 0 Å². The van der Waals surface area contributed by atoms with Crippen molar-refractivity contribution in [2.24, 2.45) is 5.92 Å². The zero-order chi connectivity index (χ0) is 18.9. The molecule has 0 aliphatic heterocycles. The van der Waals surface area contributed by atoms with Crippen LogP contribution >= 0.6 is 11.3 Å². The van der Waals surface area contributed by atoms with Gasteiger partial charge in [0.2, 0.25) is 5.91 Å². The van der Waals surface area contributed by atoms with Gasteiger partial charge in [0.05, 0.1) is 11.2 Å². The Kier molecular flexibility index (Phi) is 5.28. The number of carbonyl (C=O) groups excluding carboxylic acids is 1. The minimum absolute atomic E-state index is 0.0215. The first kappa shape index (κ1) is 18.6. The van der Waals surface area contributed by atoms with E-state index in [1.165, 1.54) is 4.88 Å². The smallest absolute Gasteiger partial charge is 0.223 e. The Hall–Kier alpha value is -1.79. The highest BCUT2D eigenvalue weighted by Gasteiger charge is 2.46. The maximum atomic E-state index is 12.9. The van der Waals surface area contributed by atoms with E-state index in [-0.39, 0.29) is 17.4 Å². The minimum Gasteiger partial charge on any atom is -0.349 e. The highest BCUT2D eigenvalue weighted by atomic mass is 32.1. The van der Waals surface area contributed by atoms with Crippen LogP contribution in [-0.4, -0.2) is 45.9 Å². The van der Waals surface area contributed by atoms with Crippen LogP contribution in [0.5, 0.6) is 0 Å². The Morgan fingerprint density at radius 3 is 2.70 bits per heavy atom. The summed E-state index contributed by atoms with van der Waals surface area (Å²) in [6.07, 6.45) is 8.47. The molecule has 6 heteroatoms. The summed E-state index contributed by atoms with van der Waals surface area (Å²) in [5.74, 6) is 0.280.